The van der Waals surface area contributed by atoms with Crippen molar-refractivity contribution in [2.45, 2.75) is 51.8 Å². The molecule has 1 rings (SSSR count). The molecule has 11 heteroatoms. The van der Waals surface area contributed by atoms with E-state index in [1.54, 1.807) is 0 Å². The molecule has 0 radical (unpaired) electrons. The summed E-state index contributed by atoms with van der Waals surface area (Å²) >= 11 is 0. The van der Waals surface area contributed by atoms with Gasteiger partial charge in [0.2, 0.25) is 6.10 Å². The van der Waals surface area contributed by atoms with Gasteiger partial charge in [0.15, 0.2) is 12.2 Å². The minimum atomic E-state index is -2.54. The van der Waals surface area contributed by atoms with Gasteiger partial charge < -0.3 is 28.4 Å². The Morgan fingerprint density at radius 3 is 1.81 bits per heavy atom. The Balaban J connectivity index is 3.46. The average Bonchev–Trinajstić information content (AvgIpc) is 2.50. The fourth-order valence-electron chi connectivity index (χ4n) is 2.42. The first kappa shape index (κ1) is 21.4. The molecule has 11 nitrogen and oxygen atoms in total. The van der Waals surface area contributed by atoms with E-state index in [0.29, 0.717) is 0 Å². The number of ether oxygens (including phenoxy) is 6. The lowest BCUT2D eigenvalue weighted by Crippen LogP contribution is -2.68. The summed E-state index contributed by atoms with van der Waals surface area (Å²) in [6.45, 7) is 3.64. The molecule has 0 aromatic heterocycles. The molecule has 0 aromatic carbocycles. The van der Waals surface area contributed by atoms with Crippen LogP contribution in [0.5, 0.6) is 0 Å². The maximum absolute atomic E-state index is 12.3. The quantitative estimate of drug-likeness (QED) is 0.442. The van der Waals surface area contributed by atoms with E-state index in [1.165, 1.54) is 0 Å². The van der Waals surface area contributed by atoms with Crippen molar-refractivity contribution in [3.05, 3.63) is 0 Å². The Morgan fingerprint density at radius 2 is 1.38 bits per heavy atom. The zero-order valence-corrected chi connectivity index (χ0v) is 14.9. The summed E-state index contributed by atoms with van der Waals surface area (Å²) in [6, 6.07) is 0. The lowest BCUT2D eigenvalue weighted by molar-refractivity contribution is -0.321. The van der Waals surface area contributed by atoms with Crippen molar-refractivity contribution >= 4 is 29.8 Å². The Morgan fingerprint density at radius 1 is 0.846 bits per heavy atom. The molecule has 0 spiro atoms. The largest absolute Gasteiger partial charge is 0.464 e. The Kier molecular flexibility index (Phi) is 7.07. The molecular formula is C15H20O11. The number of esters is 5. The fraction of sp³-hybridized carbons (Fsp3) is 0.667. The minimum absolute atomic E-state index is 0.502. The maximum Gasteiger partial charge on any atom is 0.383 e. The molecule has 1 fully saturated rings. The van der Waals surface area contributed by atoms with E-state index >= 15 is 0 Å². The summed E-state index contributed by atoms with van der Waals surface area (Å²) < 4.78 is 30.0. The number of hydrogen-bond donors (Lipinski definition) is 0. The van der Waals surface area contributed by atoms with Crippen molar-refractivity contribution in [2.75, 3.05) is 13.7 Å². The van der Waals surface area contributed by atoms with Crippen LogP contribution < -0.4 is 0 Å². The van der Waals surface area contributed by atoms with Gasteiger partial charge in [0.1, 0.15) is 0 Å². The number of rotatable bonds is 5. The third-order valence-corrected chi connectivity index (χ3v) is 3.18. The first-order valence-corrected chi connectivity index (χ1v) is 7.47. The highest BCUT2D eigenvalue weighted by molar-refractivity contribution is 5.83. The van der Waals surface area contributed by atoms with Crippen LogP contribution in [0.25, 0.3) is 0 Å². The monoisotopic (exact) mass is 376 g/mol. The van der Waals surface area contributed by atoms with Gasteiger partial charge in [-0.2, -0.15) is 0 Å². The van der Waals surface area contributed by atoms with Gasteiger partial charge in [0.05, 0.1) is 13.7 Å². The predicted molar refractivity (Wildman–Crippen MR) is 79.1 cm³/mol. The smallest absolute Gasteiger partial charge is 0.383 e. The van der Waals surface area contributed by atoms with Gasteiger partial charge in [-0.25, -0.2) is 4.79 Å². The van der Waals surface area contributed by atoms with Crippen LogP contribution in [0, 0.1) is 0 Å². The summed E-state index contributed by atoms with van der Waals surface area (Å²) in [6.07, 6.45) is -4.50. The molecule has 0 bridgehead atoms. The molecule has 0 N–H and O–H groups in total. The summed E-state index contributed by atoms with van der Waals surface area (Å²) in [5, 5.41) is 0. The molecule has 1 aliphatic heterocycles. The summed E-state index contributed by atoms with van der Waals surface area (Å²) in [5.74, 6) is -7.18. The van der Waals surface area contributed by atoms with Crippen LogP contribution >= 0.6 is 0 Å². The van der Waals surface area contributed by atoms with Crippen molar-refractivity contribution in [1.82, 2.24) is 0 Å². The standard InChI is InChI=1S/C15H20O11/c1-7(16)23-11-6-22-15(14(20)21-5,26-10(4)19)13(25-9(3)18)12(11)24-8(2)17/h11-13H,6H2,1-5H3/t11-,12-,13+,15-/m0/s1. The molecule has 0 aliphatic carbocycles. The van der Waals surface area contributed by atoms with E-state index in [9.17, 15) is 24.0 Å². The molecular weight excluding hydrogens is 356 g/mol. The van der Waals surface area contributed by atoms with Gasteiger partial charge in [-0.1, -0.05) is 0 Å². The van der Waals surface area contributed by atoms with Crippen LogP contribution in [-0.4, -0.2) is 67.7 Å². The third-order valence-electron chi connectivity index (χ3n) is 3.18. The van der Waals surface area contributed by atoms with Gasteiger partial charge in [-0.05, 0) is 0 Å². The van der Waals surface area contributed by atoms with E-state index in [0.717, 1.165) is 34.8 Å². The van der Waals surface area contributed by atoms with Crippen LogP contribution in [0.15, 0.2) is 0 Å². The Labute approximate surface area is 148 Å². The second-order valence-electron chi connectivity index (χ2n) is 5.32. The van der Waals surface area contributed by atoms with E-state index in [2.05, 4.69) is 4.74 Å². The predicted octanol–water partition coefficient (Wildman–Crippen LogP) is -0.756. The highest BCUT2D eigenvalue weighted by Gasteiger charge is 2.64. The first-order chi connectivity index (χ1) is 12.0. The second kappa shape index (κ2) is 8.61. The minimum Gasteiger partial charge on any atom is -0.464 e. The molecule has 0 aromatic rings. The molecule has 4 atom stereocenters. The van der Waals surface area contributed by atoms with Crippen molar-refractivity contribution in [3.63, 3.8) is 0 Å². The first-order valence-electron chi connectivity index (χ1n) is 7.47. The summed E-state index contributed by atoms with van der Waals surface area (Å²) in [4.78, 5) is 58.1. The molecule has 26 heavy (non-hydrogen) atoms. The lowest BCUT2D eigenvalue weighted by Gasteiger charge is -2.44. The average molecular weight is 376 g/mol. The molecule has 0 saturated carbocycles. The zero-order chi connectivity index (χ0) is 20.1. The summed E-state index contributed by atoms with van der Waals surface area (Å²) in [7, 11) is 0.987. The maximum atomic E-state index is 12.3. The van der Waals surface area contributed by atoms with E-state index in [1.807, 2.05) is 0 Å². The lowest BCUT2D eigenvalue weighted by atomic mass is 9.95. The van der Waals surface area contributed by atoms with Crippen LogP contribution in [0.4, 0.5) is 0 Å². The number of hydrogen-bond acceptors (Lipinski definition) is 11. The van der Waals surface area contributed by atoms with Crippen LogP contribution in [-0.2, 0) is 52.4 Å². The third kappa shape index (κ3) is 4.91. The normalized spacial score (nSPS) is 27.7. The molecule has 0 amide bonds. The Bertz CT molecular complexity index is 598. The Hall–Kier alpha value is -2.69. The number of carbonyl (C=O) groups excluding carboxylic acids is 5. The van der Waals surface area contributed by atoms with Gasteiger partial charge in [0, 0.05) is 27.7 Å². The highest BCUT2D eigenvalue weighted by Crippen LogP contribution is 2.34. The topological polar surface area (TPSA) is 141 Å². The molecule has 1 heterocycles. The van der Waals surface area contributed by atoms with Crippen molar-refractivity contribution in [1.29, 1.82) is 0 Å². The molecule has 1 saturated heterocycles. The van der Waals surface area contributed by atoms with Gasteiger partial charge in [0.25, 0.3) is 0 Å². The number of methoxy groups -OCH3 is 1. The number of carbonyl (C=O) groups is 5. The zero-order valence-electron chi connectivity index (χ0n) is 14.9. The van der Waals surface area contributed by atoms with Gasteiger partial charge in [-0.3, -0.25) is 19.2 Å². The summed E-state index contributed by atoms with van der Waals surface area (Å²) in [5.41, 5.74) is 0. The fourth-order valence-corrected chi connectivity index (χ4v) is 2.42. The molecule has 1 aliphatic rings. The van der Waals surface area contributed by atoms with Gasteiger partial charge >= 0.3 is 35.6 Å². The van der Waals surface area contributed by atoms with E-state index in [4.69, 9.17) is 23.7 Å². The van der Waals surface area contributed by atoms with Gasteiger partial charge in [-0.15, -0.1) is 0 Å². The second-order valence-corrected chi connectivity index (χ2v) is 5.32. The highest BCUT2D eigenvalue weighted by atomic mass is 16.8. The van der Waals surface area contributed by atoms with Crippen molar-refractivity contribution in [3.8, 4) is 0 Å². The van der Waals surface area contributed by atoms with Crippen molar-refractivity contribution in [2.24, 2.45) is 0 Å². The molecule has 0 unspecified atom stereocenters. The van der Waals surface area contributed by atoms with Crippen LogP contribution in [0.1, 0.15) is 27.7 Å². The van der Waals surface area contributed by atoms with Crippen LogP contribution in [0.3, 0.4) is 0 Å². The van der Waals surface area contributed by atoms with Crippen LogP contribution in [0.2, 0.25) is 0 Å². The SMILES string of the molecule is COC(=O)[C@]1(OC(C)=O)OC[C@H](OC(C)=O)[C@H](OC(C)=O)[C@H]1OC(C)=O. The van der Waals surface area contributed by atoms with Crippen molar-refractivity contribution < 1.29 is 52.4 Å². The molecule has 146 valence electrons. The van der Waals surface area contributed by atoms with E-state index < -0.39 is 60.6 Å². The van der Waals surface area contributed by atoms with E-state index in [-0.39, 0.29) is 0 Å².